The molecule has 0 amide bonds. The van der Waals surface area contributed by atoms with Gasteiger partial charge in [0.2, 0.25) is 0 Å². The quantitative estimate of drug-likeness (QED) is 0.735. The highest BCUT2D eigenvalue weighted by atomic mass is 16.5. The molecule has 3 nitrogen and oxygen atoms in total. The molecule has 1 aliphatic carbocycles. The number of nitrogens with one attached hydrogen (secondary N) is 1. The Labute approximate surface area is 106 Å². The molecule has 1 unspecified atom stereocenters. The molecule has 1 aliphatic heterocycles. The minimum Gasteiger partial charge on any atom is -0.381 e. The molecule has 2 rings (SSSR count). The van der Waals surface area contributed by atoms with E-state index in [1.807, 2.05) is 0 Å². The molecule has 17 heavy (non-hydrogen) atoms. The summed E-state index contributed by atoms with van der Waals surface area (Å²) >= 11 is 0. The van der Waals surface area contributed by atoms with Gasteiger partial charge in [0.1, 0.15) is 0 Å². The predicted octanol–water partition coefficient (Wildman–Crippen LogP) is 1.88. The van der Waals surface area contributed by atoms with E-state index in [9.17, 15) is 0 Å². The smallest absolute Gasteiger partial charge is 0.0469 e. The first-order valence-electron chi connectivity index (χ1n) is 7.31. The zero-order chi connectivity index (χ0) is 12.1. The number of ether oxygens (including phenoxy) is 1. The van der Waals surface area contributed by atoms with Crippen molar-refractivity contribution in [1.82, 2.24) is 10.2 Å². The molecule has 1 saturated carbocycles. The highest BCUT2D eigenvalue weighted by molar-refractivity contribution is 4.84. The maximum absolute atomic E-state index is 5.42. The van der Waals surface area contributed by atoms with Gasteiger partial charge < -0.3 is 15.0 Å². The topological polar surface area (TPSA) is 24.5 Å². The first-order chi connectivity index (χ1) is 8.29. The van der Waals surface area contributed by atoms with Crippen molar-refractivity contribution in [2.75, 3.05) is 33.4 Å². The second kappa shape index (κ2) is 6.72. The van der Waals surface area contributed by atoms with Crippen LogP contribution >= 0.6 is 0 Å². The molecular weight excluding hydrogens is 212 g/mol. The Kier molecular flexibility index (Phi) is 5.26. The van der Waals surface area contributed by atoms with Gasteiger partial charge in [-0.25, -0.2) is 0 Å². The highest BCUT2D eigenvalue weighted by Crippen LogP contribution is 2.20. The zero-order valence-corrected chi connectivity index (χ0v) is 11.5. The van der Waals surface area contributed by atoms with Gasteiger partial charge in [-0.05, 0) is 45.1 Å². The van der Waals surface area contributed by atoms with Crippen molar-refractivity contribution in [1.29, 1.82) is 0 Å². The van der Waals surface area contributed by atoms with Crippen molar-refractivity contribution in [2.45, 2.75) is 51.1 Å². The van der Waals surface area contributed by atoms with Crippen molar-refractivity contribution in [2.24, 2.45) is 5.92 Å². The van der Waals surface area contributed by atoms with Crippen LogP contribution in [0.1, 0.15) is 39.0 Å². The highest BCUT2D eigenvalue weighted by Gasteiger charge is 2.24. The summed E-state index contributed by atoms with van der Waals surface area (Å²) in [5.74, 6) is 0.851. The van der Waals surface area contributed by atoms with Crippen LogP contribution in [0.15, 0.2) is 0 Å². The number of nitrogens with zero attached hydrogens (tertiary/aromatic N) is 1. The van der Waals surface area contributed by atoms with Crippen molar-refractivity contribution < 1.29 is 4.74 Å². The monoisotopic (exact) mass is 240 g/mol. The fourth-order valence-corrected chi connectivity index (χ4v) is 2.69. The van der Waals surface area contributed by atoms with Crippen molar-refractivity contribution in [3.63, 3.8) is 0 Å². The molecule has 0 bridgehead atoms. The molecular formula is C14H28N2O. The van der Waals surface area contributed by atoms with Crippen LogP contribution in [0.4, 0.5) is 0 Å². The van der Waals surface area contributed by atoms with Gasteiger partial charge in [-0.15, -0.1) is 0 Å². The minimum absolute atomic E-state index is 0.707. The first-order valence-corrected chi connectivity index (χ1v) is 7.31. The summed E-state index contributed by atoms with van der Waals surface area (Å²) in [6.07, 6.45) is 6.52. The Morgan fingerprint density at radius 2 is 1.94 bits per heavy atom. The van der Waals surface area contributed by atoms with Crippen LogP contribution in [-0.2, 0) is 4.74 Å². The lowest BCUT2D eigenvalue weighted by Crippen LogP contribution is -2.43. The summed E-state index contributed by atoms with van der Waals surface area (Å²) in [7, 11) is 2.29. The largest absolute Gasteiger partial charge is 0.381 e. The Morgan fingerprint density at radius 3 is 2.53 bits per heavy atom. The second-order valence-corrected chi connectivity index (χ2v) is 5.74. The van der Waals surface area contributed by atoms with Crippen LogP contribution in [0.25, 0.3) is 0 Å². The number of hydrogen-bond donors (Lipinski definition) is 1. The summed E-state index contributed by atoms with van der Waals surface area (Å²) in [6.45, 7) is 6.65. The Bertz CT molecular complexity index is 212. The third-order valence-corrected chi connectivity index (χ3v) is 4.20. The van der Waals surface area contributed by atoms with E-state index >= 15 is 0 Å². The first kappa shape index (κ1) is 13.3. The van der Waals surface area contributed by atoms with E-state index in [2.05, 4.69) is 24.2 Å². The fourth-order valence-electron chi connectivity index (χ4n) is 2.69. The number of likely N-dealkylation sites (N-methyl/N-ethyl adjacent to an activating group) is 1. The molecule has 1 N–H and O–H groups in total. The molecule has 0 radical (unpaired) electrons. The van der Waals surface area contributed by atoms with E-state index in [0.717, 1.165) is 25.2 Å². The maximum Gasteiger partial charge on any atom is 0.0469 e. The van der Waals surface area contributed by atoms with Crippen molar-refractivity contribution in [3.05, 3.63) is 0 Å². The normalized spacial score (nSPS) is 24.2. The third kappa shape index (κ3) is 4.57. The lowest BCUT2D eigenvalue weighted by atomic mass is 9.99. The summed E-state index contributed by atoms with van der Waals surface area (Å²) in [6, 6.07) is 1.54. The molecule has 100 valence electrons. The van der Waals surface area contributed by atoms with Crippen LogP contribution in [0.2, 0.25) is 0 Å². The van der Waals surface area contributed by atoms with Gasteiger partial charge in [-0.2, -0.15) is 0 Å². The average Bonchev–Trinajstić information content (AvgIpc) is 3.15. The molecule has 2 aliphatic rings. The summed E-state index contributed by atoms with van der Waals surface area (Å²) in [5, 5.41) is 3.66. The zero-order valence-electron chi connectivity index (χ0n) is 11.5. The number of rotatable bonds is 7. The van der Waals surface area contributed by atoms with Crippen LogP contribution in [0.5, 0.6) is 0 Å². The predicted molar refractivity (Wildman–Crippen MR) is 71.3 cm³/mol. The van der Waals surface area contributed by atoms with Gasteiger partial charge in [0.25, 0.3) is 0 Å². The Balaban J connectivity index is 1.68. The molecule has 1 atom stereocenters. The third-order valence-electron chi connectivity index (χ3n) is 4.20. The molecule has 0 spiro atoms. The minimum atomic E-state index is 0.707. The molecule has 2 fully saturated rings. The average molecular weight is 240 g/mol. The van der Waals surface area contributed by atoms with Gasteiger partial charge in [-0.1, -0.05) is 6.92 Å². The molecule has 3 heteroatoms. The fraction of sp³-hybridized carbons (Fsp3) is 1.00. The molecule has 0 aromatic heterocycles. The lowest BCUT2D eigenvalue weighted by Gasteiger charge is -2.32. The van der Waals surface area contributed by atoms with E-state index in [1.165, 1.54) is 45.2 Å². The number of hydrogen-bond acceptors (Lipinski definition) is 3. The molecule has 0 aromatic rings. The second-order valence-electron chi connectivity index (χ2n) is 5.74. The van der Waals surface area contributed by atoms with Gasteiger partial charge >= 0.3 is 0 Å². The van der Waals surface area contributed by atoms with Crippen LogP contribution in [-0.4, -0.2) is 50.3 Å². The van der Waals surface area contributed by atoms with Crippen LogP contribution in [0, 0.1) is 5.92 Å². The van der Waals surface area contributed by atoms with E-state index in [-0.39, 0.29) is 0 Å². The van der Waals surface area contributed by atoms with E-state index in [1.54, 1.807) is 0 Å². The van der Waals surface area contributed by atoms with Gasteiger partial charge in [0, 0.05) is 38.4 Å². The van der Waals surface area contributed by atoms with E-state index in [0.29, 0.717) is 6.04 Å². The Hall–Kier alpha value is -0.120. The van der Waals surface area contributed by atoms with Gasteiger partial charge in [-0.3, -0.25) is 0 Å². The molecule has 1 heterocycles. The van der Waals surface area contributed by atoms with Crippen molar-refractivity contribution >= 4 is 0 Å². The maximum atomic E-state index is 5.42. The van der Waals surface area contributed by atoms with E-state index in [4.69, 9.17) is 4.74 Å². The lowest BCUT2D eigenvalue weighted by molar-refractivity contribution is 0.0499. The summed E-state index contributed by atoms with van der Waals surface area (Å²) in [5.41, 5.74) is 0. The standard InChI is InChI=1S/C14H28N2O/c1-3-14(10-15-13-4-5-13)16(2)11-12-6-8-17-9-7-12/h12-15H,3-11H2,1-2H3. The summed E-state index contributed by atoms with van der Waals surface area (Å²) < 4.78 is 5.42. The molecule has 0 aromatic carbocycles. The Morgan fingerprint density at radius 1 is 1.24 bits per heavy atom. The summed E-state index contributed by atoms with van der Waals surface area (Å²) in [4.78, 5) is 2.56. The van der Waals surface area contributed by atoms with Crippen molar-refractivity contribution in [3.8, 4) is 0 Å². The van der Waals surface area contributed by atoms with E-state index < -0.39 is 0 Å². The molecule has 1 saturated heterocycles. The SMILES string of the molecule is CCC(CNC1CC1)N(C)CC1CCOCC1. The van der Waals surface area contributed by atoms with Gasteiger partial charge in [0.05, 0.1) is 0 Å². The van der Waals surface area contributed by atoms with Crippen LogP contribution in [0.3, 0.4) is 0 Å². The van der Waals surface area contributed by atoms with Gasteiger partial charge in [0.15, 0.2) is 0 Å². The van der Waals surface area contributed by atoms with Crippen LogP contribution < -0.4 is 5.32 Å².